The minimum absolute atomic E-state index is 0.0576. The van der Waals surface area contributed by atoms with Crippen molar-refractivity contribution in [1.82, 2.24) is 9.78 Å². The van der Waals surface area contributed by atoms with Crippen LogP contribution in [-0.2, 0) is 6.54 Å². The molecule has 0 aromatic carbocycles. The fourth-order valence-electron chi connectivity index (χ4n) is 1.62. The van der Waals surface area contributed by atoms with E-state index in [-0.39, 0.29) is 16.8 Å². The van der Waals surface area contributed by atoms with Crippen LogP contribution in [0.3, 0.4) is 0 Å². The molecule has 0 spiro atoms. The first-order valence-electron chi connectivity index (χ1n) is 5.83. The van der Waals surface area contributed by atoms with Crippen molar-refractivity contribution < 1.29 is 13.2 Å². The zero-order valence-corrected chi connectivity index (χ0v) is 11.3. The van der Waals surface area contributed by atoms with E-state index >= 15 is 0 Å². The van der Waals surface area contributed by atoms with Crippen LogP contribution in [0, 0.1) is 0 Å². The van der Waals surface area contributed by atoms with Gasteiger partial charge in [-0.15, -0.1) is 0 Å². The Hall–Kier alpha value is -1.24. The molecule has 0 saturated heterocycles. The van der Waals surface area contributed by atoms with Crippen molar-refractivity contribution in [3.63, 3.8) is 0 Å². The number of alkyl halides is 3. The summed E-state index contributed by atoms with van der Waals surface area (Å²) in [5.41, 5.74) is -0.696. The molecule has 1 N–H and O–H groups in total. The Balaban J connectivity index is 2.95. The average Bonchev–Trinajstić information content (AvgIpc) is 2.28. The second kappa shape index (κ2) is 6.27. The molecule has 4 nitrogen and oxygen atoms in total. The van der Waals surface area contributed by atoms with Crippen molar-refractivity contribution >= 4 is 17.3 Å². The normalized spacial score (nSPS) is 13.4. The number of rotatable bonds is 5. The van der Waals surface area contributed by atoms with Crippen LogP contribution in [0.25, 0.3) is 0 Å². The van der Waals surface area contributed by atoms with Crippen molar-refractivity contribution in [1.29, 1.82) is 0 Å². The minimum atomic E-state index is -4.51. The van der Waals surface area contributed by atoms with Crippen molar-refractivity contribution in [2.45, 2.75) is 45.5 Å². The van der Waals surface area contributed by atoms with Crippen LogP contribution >= 0.6 is 11.6 Å². The highest BCUT2D eigenvalue weighted by Gasteiger charge is 2.29. The molecule has 1 aromatic rings. The highest BCUT2D eigenvalue weighted by molar-refractivity contribution is 6.32. The first kappa shape index (κ1) is 15.8. The molecular formula is C11H15ClF3N3O. The fourth-order valence-corrected chi connectivity index (χ4v) is 1.82. The second-order valence-corrected chi connectivity index (χ2v) is 4.66. The summed E-state index contributed by atoms with van der Waals surface area (Å²) < 4.78 is 36.9. The van der Waals surface area contributed by atoms with E-state index in [0.717, 1.165) is 19.0 Å². The van der Waals surface area contributed by atoms with Gasteiger partial charge in [0.05, 0.1) is 11.9 Å². The largest absolute Gasteiger partial charge is 0.408 e. The van der Waals surface area contributed by atoms with Gasteiger partial charge in [-0.05, 0) is 13.3 Å². The zero-order valence-electron chi connectivity index (χ0n) is 10.6. The lowest BCUT2D eigenvalue weighted by atomic mass is 10.2. The van der Waals surface area contributed by atoms with Gasteiger partial charge in [-0.1, -0.05) is 24.9 Å². The van der Waals surface area contributed by atoms with Crippen LogP contribution in [-0.4, -0.2) is 22.0 Å². The summed E-state index contributed by atoms with van der Waals surface area (Å²) in [5.74, 6) is 0. The smallest absolute Gasteiger partial charge is 0.380 e. The SMILES string of the molecule is CCCC(C)Nc1cnn(CC(F)(F)F)c(=O)c1Cl. The molecule has 0 radical (unpaired) electrons. The average molecular weight is 298 g/mol. The van der Waals surface area contributed by atoms with Crippen LogP contribution in [0.4, 0.5) is 18.9 Å². The topological polar surface area (TPSA) is 46.9 Å². The van der Waals surface area contributed by atoms with E-state index in [0.29, 0.717) is 4.68 Å². The number of nitrogens with one attached hydrogen (secondary N) is 1. The van der Waals surface area contributed by atoms with E-state index in [2.05, 4.69) is 10.4 Å². The van der Waals surface area contributed by atoms with Gasteiger partial charge >= 0.3 is 6.18 Å². The summed E-state index contributed by atoms with van der Waals surface area (Å²) in [6.45, 7) is 2.44. The quantitative estimate of drug-likeness (QED) is 0.908. The van der Waals surface area contributed by atoms with Gasteiger partial charge in [-0.3, -0.25) is 4.79 Å². The molecule has 1 aromatic heterocycles. The third-order valence-corrected chi connectivity index (χ3v) is 2.80. The van der Waals surface area contributed by atoms with Crippen LogP contribution < -0.4 is 10.9 Å². The van der Waals surface area contributed by atoms with Crippen molar-refractivity contribution in [2.24, 2.45) is 0 Å². The molecular weight excluding hydrogens is 283 g/mol. The molecule has 0 bridgehead atoms. The van der Waals surface area contributed by atoms with Gasteiger partial charge in [-0.2, -0.15) is 18.3 Å². The molecule has 0 amide bonds. The van der Waals surface area contributed by atoms with E-state index in [9.17, 15) is 18.0 Å². The molecule has 0 fully saturated rings. The number of hydrogen-bond donors (Lipinski definition) is 1. The maximum Gasteiger partial charge on any atom is 0.408 e. The lowest BCUT2D eigenvalue weighted by Gasteiger charge is -2.16. The molecule has 108 valence electrons. The minimum Gasteiger partial charge on any atom is -0.380 e. The lowest BCUT2D eigenvalue weighted by Crippen LogP contribution is -2.31. The fraction of sp³-hybridized carbons (Fsp3) is 0.636. The molecule has 19 heavy (non-hydrogen) atoms. The predicted molar refractivity (Wildman–Crippen MR) is 67.6 cm³/mol. The van der Waals surface area contributed by atoms with Crippen molar-refractivity contribution in [2.75, 3.05) is 5.32 Å². The van der Waals surface area contributed by atoms with Gasteiger partial charge in [0.1, 0.15) is 11.6 Å². The van der Waals surface area contributed by atoms with E-state index in [1.165, 1.54) is 0 Å². The van der Waals surface area contributed by atoms with Gasteiger partial charge in [0.15, 0.2) is 0 Å². The highest BCUT2D eigenvalue weighted by atomic mass is 35.5. The Morgan fingerprint density at radius 2 is 2.16 bits per heavy atom. The van der Waals surface area contributed by atoms with Crippen LogP contribution in [0.15, 0.2) is 11.0 Å². The number of hydrogen-bond acceptors (Lipinski definition) is 3. The molecule has 1 atom stereocenters. The van der Waals surface area contributed by atoms with Gasteiger partial charge < -0.3 is 5.32 Å². The first-order chi connectivity index (χ1) is 8.74. The van der Waals surface area contributed by atoms with Crippen LogP contribution in [0.5, 0.6) is 0 Å². The Kier molecular flexibility index (Phi) is 5.22. The molecule has 0 saturated carbocycles. The Morgan fingerprint density at radius 1 is 1.53 bits per heavy atom. The first-order valence-corrected chi connectivity index (χ1v) is 6.21. The number of aromatic nitrogens is 2. The van der Waals surface area contributed by atoms with Crippen molar-refractivity contribution in [3.8, 4) is 0 Å². The van der Waals surface area contributed by atoms with E-state index in [1.54, 1.807) is 0 Å². The van der Waals surface area contributed by atoms with Crippen molar-refractivity contribution in [3.05, 3.63) is 21.6 Å². The number of anilines is 1. The Morgan fingerprint density at radius 3 is 2.68 bits per heavy atom. The summed E-state index contributed by atoms with van der Waals surface area (Å²) in [4.78, 5) is 11.6. The monoisotopic (exact) mass is 297 g/mol. The van der Waals surface area contributed by atoms with E-state index < -0.39 is 18.3 Å². The molecule has 1 unspecified atom stereocenters. The maximum atomic E-state index is 12.2. The number of nitrogens with zero attached hydrogens (tertiary/aromatic N) is 2. The lowest BCUT2D eigenvalue weighted by molar-refractivity contribution is -0.143. The number of halogens is 4. The molecule has 0 aliphatic heterocycles. The highest BCUT2D eigenvalue weighted by Crippen LogP contribution is 2.20. The van der Waals surface area contributed by atoms with Gasteiger partial charge in [0, 0.05) is 6.04 Å². The molecule has 1 heterocycles. The summed E-state index contributed by atoms with van der Waals surface area (Å²) in [5, 5.41) is 6.15. The predicted octanol–water partition coefficient (Wildman–Crippen LogP) is 3.06. The molecule has 0 aliphatic rings. The molecule has 1 rings (SSSR count). The molecule has 0 aliphatic carbocycles. The third kappa shape index (κ3) is 4.74. The second-order valence-electron chi connectivity index (χ2n) is 4.28. The Labute approximate surface area is 113 Å². The zero-order chi connectivity index (χ0) is 14.6. The maximum absolute atomic E-state index is 12.2. The standard InChI is InChI=1S/C11H15ClF3N3O/c1-3-4-7(2)17-8-5-16-18(6-11(13,14)15)10(19)9(8)12/h5,7,17H,3-4,6H2,1-2H3. The van der Waals surface area contributed by atoms with Gasteiger partial charge in [0.25, 0.3) is 5.56 Å². The third-order valence-electron chi connectivity index (χ3n) is 2.44. The summed E-state index contributed by atoms with van der Waals surface area (Å²) >= 11 is 5.77. The van der Waals surface area contributed by atoms with E-state index in [1.807, 2.05) is 13.8 Å². The summed E-state index contributed by atoms with van der Waals surface area (Å²) in [6.07, 6.45) is -1.58. The Bertz CT molecular complexity index is 487. The van der Waals surface area contributed by atoms with Crippen LogP contribution in [0.1, 0.15) is 26.7 Å². The molecule has 8 heteroatoms. The van der Waals surface area contributed by atoms with Gasteiger partial charge in [0.2, 0.25) is 0 Å². The van der Waals surface area contributed by atoms with E-state index in [4.69, 9.17) is 11.6 Å². The summed E-state index contributed by atoms with van der Waals surface area (Å²) in [7, 11) is 0. The summed E-state index contributed by atoms with van der Waals surface area (Å²) in [6, 6.07) is 0.0576. The van der Waals surface area contributed by atoms with Gasteiger partial charge in [-0.25, -0.2) is 4.68 Å². The van der Waals surface area contributed by atoms with Crippen LogP contribution in [0.2, 0.25) is 5.02 Å².